The first-order valence-corrected chi connectivity index (χ1v) is 6.22. The molecule has 2 heterocycles. The van der Waals surface area contributed by atoms with E-state index in [-0.39, 0.29) is 6.61 Å². The Hall–Kier alpha value is -2.33. The SMILES string of the molecule is OCc1ccccc1NCc1c[nH]c2ncccc12. The highest BCUT2D eigenvalue weighted by Gasteiger charge is 2.05. The van der Waals surface area contributed by atoms with Gasteiger partial charge in [-0.05, 0) is 23.8 Å². The fourth-order valence-corrected chi connectivity index (χ4v) is 2.18. The summed E-state index contributed by atoms with van der Waals surface area (Å²) in [6.45, 7) is 0.737. The first-order valence-electron chi connectivity index (χ1n) is 6.22. The number of benzene rings is 1. The second-order valence-corrected chi connectivity index (χ2v) is 4.38. The standard InChI is InChI=1S/C15H15N3O/c19-10-11-4-1-2-6-14(11)17-8-12-9-18-15-13(12)5-3-7-16-15/h1-7,9,17,19H,8,10H2,(H,16,18). The number of hydrogen-bond acceptors (Lipinski definition) is 3. The molecule has 3 N–H and O–H groups in total. The molecule has 19 heavy (non-hydrogen) atoms. The largest absolute Gasteiger partial charge is 0.392 e. The van der Waals surface area contributed by atoms with Crippen LogP contribution in [0, 0.1) is 0 Å². The molecule has 0 saturated heterocycles. The average molecular weight is 253 g/mol. The van der Waals surface area contributed by atoms with E-state index in [0.29, 0.717) is 6.54 Å². The number of para-hydroxylation sites is 1. The summed E-state index contributed by atoms with van der Waals surface area (Å²) in [6, 6.07) is 11.7. The zero-order chi connectivity index (χ0) is 13.1. The minimum Gasteiger partial charge on any atom is -0.392 e. The third kappa shape index (κ3) is 2.30. The fourth-order valence-electron chi connectivity index (χ4n) is 2.18. The molecule has 0 radical (unpaired) electrons. The number of H-pyrrole nitrogens is 1. The Morgan fingerprint density at radius 2 is 2.00 bits per heavy atom. The zero-order valence-corrected chi connectivity index (χ0v) is 10.4. The Balaban J connectivity index is 1.82. The van der Waals surface area contributed by atoms with E-state index in [1.165, 1.54) is 0 Å². The molecule has 0 fully saturated rings. The molecule has 0 amide bonds. The molecule has 0 atom stereocenters. The van der Waals surface area contributed by atoms with Crippen LogP contribution in [0.1, 0.15) is 11.1 Å². The fraction of sp³-hybridized carbons (Fsp3) is 0.133. The van der Waals surface area contributed by atoms with Gasteiger partial charge in [0, 0.05) is 35.6 Å². The molecule has 0 saturated carbocycles. The van der Waals surface area contributed by atoms with Crippen molar-refractivity contribution in [3.05, 3.63) is 59.9 Å². The number of anilines is 1. The summed E-state index contributed by atoms with van der Waals surface area (Å²) in [7, 11) is 0. The van der Waals surface area contributed by atoms with Crippen molar-refractivity contribution in [3.63, 3.8) is 0 Å². The summed E-state index contributed by atoms with van der Waals surface area (Å²) >= 11 is 0. The smallest absolute Gasteiger partial charge is 0.137 e. The number of pyridine rings is 1. The predicted octanol–water partition coefficient (Wildman–Crippen LogP) is 2.67. The lowest BCUT2D eigenvalue weighted by Gasteiger charge is -2.09. The molecule has 4 nitrogen and oxygen atoms in total. The number of nitrogens with zero attached hydrogens (tertiary/aromatic N) is 1. The van der Waals surface area contributed by atoms with Crippen molar-refractivity contribution in [1.82, 2.24) is 9.97 Å². The first kappa shape index (κ1) is 11.7. The van der Waals surface area contributed by atoms with Gasteiger partial charge in [-0.25, -0.2) is 4.98 Å². The van der Waals surface area contributed by atoms with E-state index in [1.54, 1.807) is 6.20 Å². The monoisotopic (exact) mass is 253 g/mol. The van der Waals surface area contributed by atoms with Gasteiger partial charge in [0.2, 0.25) is 0 Å². The highest BCUT2D eigenvalue weighted by atomic mass is 16.3. The van der Waals surface area contributed by atoms with Gasteiger partial charge >= 0.3 is 0 Å². The highest BCUT2D eigenvalue weighted by Crippen LogP contribution is 2.19. The van der Waals surface area contributed by atoms with E-state index in [4.69, 9.17) is 0 Å². The van der Waals surface area contributed by atoms with Crippen LogP contribution in [0.5, 0.6) is 0 Å². The molecule has 1 aromatic carbocycles. The molecule has 4 heteroatoms. The number of fused-ring (bicyclic) bond motifs is 1. The van der Waals surface area contributed by atoms with Crippen LogP contribution in [0.4, 0.5) is 5.69 Å². The molecule has 0 aliphatic rings. The van der Waals surface area contributed by atoms with Crippen molar-refractivity contribution >= 4 is 16.7 Å². The molecule has 0 spiro atoms. The molecular formula is C15H15N3O. The number of aromatic amines is 1. The van der Waals surface area contributed by atoms with E-state index >= 15 is 0 Å². The van der Waals surface area contributed by atoms with Crippen LogP contribution in [0.25, 0.3) is 11.0 Å². The maximum absolute atomic E-state index is 9.29. The molecule has 3 rings (SSSR count). The Morgan fingerprint density at radius 1 is 1.11 bits per heavy atom. The van der Waals surface area contributed by atoms with Gasteiger partial charge in [-0.2, -0.15) is 0 Å². The minimum atomic E-state index is 0.0403. The minimum absolute atomic E-state index is 0.0403. The predicted molar refractivity (Wildman–Crippen MR) is 75.8 cm³/mol. The summed E-state index contributed by atoms with van der Waals surface area (Å²) < 4.78 is 0. The zero-order valence-electron chi connectivity index (χ0n) is 10.4. The summed E-state index contributed by atoms with van der Waals surface area (Å²) in [5.41, 5.74) is 3.93. The molecule has 96 valence electrons. The summed E-state index contributed by atoms with van der Waals surface area (Å²) in [5, 5.41) is 13.8. The number of nitrogens with one attached hydrogen (secondary N) is 2. The van der Waals surface area contributed by atoms with Gasteiger partial charge in [-0.1, -0.05) is 18.2 Å². The van der Waals surface area contributed by atoms with E-state index in [9.17, 15) is 5.11 Å². The van der Waals surface area contributed by atoms with E-state index in [2.05, 4.69) is 15.3 Å². The van der Waals surface area contributed by atoms with Crippen LogP contribution >= 0.6 is 0 Å². The lowest BCUT2D eigenvalue weighted by atomic mass is 10.1. The quantitative estimate of drug-likeness (QED) is 0.670. The van der Waals surface area contributed by atoms with E-state index in [1.807, 2.05) is 42.6 Å². The Kier molecular flexibility index (Phi) is 3.16. The number of rotatable bonds is 4. The van der Waals surface area contributed by atoms with Crippen LogP contribution in [0.2, 0.25) is 0 Å². The third-order valence-corrected chi connectivity index (χ3v) is 3.19. The number of aliphatic hydroxyl groups excluding tert-OH is 1. The van der Waals surface area contributed by atoms with Crippen molar-refractivity contribution in [2.45, 2.75) is 13.2 Å². The molecule has 0 aliphatic carbocycles. The van der Waals surface area contributed by atoms with Crippen molar-refractivity contribution in [1.29, 1.82) is 0 Å². The number of aromatic nitrogens is 2. The van der Waals surface area contributed by atoms with Crippen molar-refractivity contribution in [2.24, 2.45) is 0 Å². The topological polar surface area (TPSA) is 60.9 Å². The van der Waals surface area contributed by atoms with Crippen LogP contribution in [0.15, 0.2) is 48.8 Å². The van der Waals surface area contributed by atoms with Crippen LogP contribution in [-0.4, -0.2) is 15.1 Å². The van der Waals surface area contributed by atoms with Gasteiger partial charge < -0.3 is 15.4 Å². The average Bonchev–Trinajstić information content (AvgIpc) is 2.89. The molecule has 0 unspecified atom stereocenters. The van der Waals surface area contributed by atoms with Gasteiger partial charge in [0.25, 0.3) is 0 Å². The third-order valence-electron chi connectivity index (χ3n) is 3.19. The maximum atomic E-state index is 9.29. The van der Waals surface area contributed by atoms with E-state index < -0.39 is 0 Å². The Morgan fingerprint density at radius 3 is 2.89 bits per heavy atom. The van der Waals surface area contributed by atoms with Crippen molar-refractivity contribution in [3.8, 4) is 0 Å². The molecule has 2 aromatic heterocycles. The molecule has 0 aliphatic heterocycles. The summed E-state index contributed by atoms with van der Waals surface area (Å²) in [5.74, 6) is 0. The van der Waals surface area contributed by atoms with Crippen molar-refractivity contribution < 1.29 is 5.11 Å². The molecule has 3 aromatic rings. The second kappa shape index (κ2) is 5.12. The van der Waals surface area contributed by atoms with Gasteiger partial charge in [0.15, 0.2) is 0 Å². The first-order chi connectivity index (χ1) is 9.38. The normalized spacial score (nSPS) is 10.8. The number of hydrogen-bond donors (Lipinski definition) is 3. The van der Waals surface area contributed by atoms with Gasteiger partial charge in [0.05, 0.1) is 6.61 Å². The summed E-state index contributed by atoms with van der Waals surface area (Å²) in [6.07, 6.45) is 3.74. The number of aliphatic hydroxyl groups is 1. The van der Waals surface area contributed by atoms with Gasteiger partial charge in [-0.15, -0.1) is 0 Å². The lowest BCUT2D eigenvalue weighted by Crippen LogP contribution is -2.01. The Labute approximate surface area is 111 Å². The highest BCUT2D eigenvalue weighted by molar-refractivity contribution is 5.79. The molecule has 0 bridgehead atoms. The van der Waals surface area contributed by atoms with Crippen LogP contribution in [0.3, 0.4) is 0 Å². The van der Waals surface area contributed by atoms with Gasteiger partial charge in [-0.3, -0.25) is 0 Å². The van der Waals surface area contributed by atoms with Crippen molar-refractivity contribution in [2.75, 3.05) is 5.32 Å². The summed E-state index contributed by atoms with van der Waals surface area (Å²) in [4.78, 5) is 7.42. The van der Waals surface area contributed by atoms with Crippen LogP contribution in [-0.2, 0) is 13.2 Å². The molecular weight excluding hydrogens is 238 g/mol. The van der Waals surface area contributed by atoms with E-state index in [0.717, 1.165) is 27.8 Å². The van der Waals surface area contributed by atoms with Crippen LogP contribution < -0.4 is 5.32 Å². The Bertz CT molecular complexity index is 690. The maximum Gasteiger partial charge on any atom is 0.137 e. The van der Waals surface area contributed by atoms with Gasteiger partial charge in [0.1, 0.15) is 5.65 Å². The lowest BCUT2D eigenvalue weighted by molar-refractivity contribution is 0.282. The second-order valence-electron chi connectivity index (χ2n) is 4.38.